The third kappa shape index (κ3) is 3.69. The Kier molecular flexibility index (Phi) is 5.10. The summed E-state index contributed by atoms with van der Waals surface area (Å²) in [5, 5.41) is 11.5. The van der Waals surface area contributed by atoms with Gasteiger partial charge >= 0.3 is 0 Å². The van der Waals surface area contributed by atoms with Crippen molar-refractivity contribution >= 4 is 23.4 Å². The van der Waals surface area contributed by atoms with Gasteiger partial charge in [-0.15, -0.1) is 0 Å². The minimum Gasteiger partial charge on any atom is -0.322 e. The number of imide groups is 1. The van der Waals surface area contributed by atoms with E-state index in [9.17, 15) is 14.4 Å². The largest absolute Gasteiger partial charge is 0.322 e. The Morgan fingerprint density at radius 3 is 2.27 bits per heavy atom. The van der Waals surface area contributed by atoms with Crippen LogP contribution in [0, 0.1) is 11.3 Å². The Balaban J connectivity index is 1.52. The summed E-state index contributed by atoms with van der Waals surface area (Å²) in [5.41, 5.74) is 3.11. The molecule has 0 atom stereocenters. The van der Waals surface area contributed by atoms with E-state index in [1.54, 1.807) is 24.3 Å². The average molecular weight is 395 g/mol. The molecule has 4 rings (SSSR count). The first-order valence-electron chi connectivity index (χ1n) is 9.38. The Morgan fingerprint density at radius 2 is 1.57 bits per heavy atom. The van der Waals surface area contributed by atoms with E-state index in [0.29, 0.717) is 17.7 Å². The Hall–Kier alpha value is -4.24. The maximum atomic E-state index is 12.8. The second kappa shape index (κ2) is 8.02. The van der Waals surface area contributed by atoms with Crippen molar-refractivity contribution in [2.45, 2.75) is 13.0 Å². The van der Waals surface area contributed by atoms with Gasteiger partial charge in [0, 0.05) is 11.3 Å². The number of fused-ring (bicyclic) bond motifs is 1. The van der Waals surface area contributed by atoms with Crippen molar-refractivity contribution in [3.63, 3.8) is 0 Å². The van der Waals surface area contributed by atoms with Gasteiger partial charge in [0.15, 0.2) is 0 Å². The molecule has 0 radical (unpaired) electrons. The standard InChI is InChI=1S/C24H17N3O3/c25-13-12-16-6-9-19(10-7-16)26-22(28)18-8-11-20-21(14-18)24(30)27(23(20)29)15-17-4-2-1-3-5-17/h1-11,14H,12,15H2,(H,26,28). The minimum absolute atomic E-state index is 0.184. The zero-order valence-corrected chi connectivity index (χ0v) is 16.0. The second-order valence-corrected chi connectivity index (χ2v) is 6.93. The molecule has 3 amide bonds. The molecule has 0 bridgehead atoms. The van der Waals surface area contributed by atoms with Crippen LogP contribution in [0.1, 0.15) is 42.2 Å². The first-order valence-corrected chi connectivity index (χ1v) is 9.38. The van der Waals surface area contributed by atoms with Gasteiger partial charge in [-0.1, -0.05) is 42.5 Å². The van der Waals surface area contributed by atoms with E-state index in [-0.39, 0.29) is 29.5 Å². The smallest absolute Gasteiger partial charge is 0.261 e. The summed E-state index contributed by atoms with van der Waals surface area (Å²) in [6.45, 7) is 0.184. The highest BCUT2D eigenvalue weighted by Crippen LogP contribution is 2.26. The van der Waals surface area contributed by atoms with E-state index in [2.05, 4.69) is 11.4 Å². The number of rotatable bonds is 5. The van der Waals surface area contributed by atoms with Crippen LogP contribution in [0.25, 0.3) is 0 Å². The molecule has 0 fully saturated rings. The first-order chi connectivity index (χ1) is 14.6. The van der Waals surface area contributed by atoms with Gasteiger partial charge in [0.2, 0.25) is 0 Å². The van der Waals surface area contributed by atoms with Gasteiger partial charge in [0.05, 0.1) is 30.2 Å². The summed E-state index contributed by atoms with van der Waals surface area (Å²) in [5.74, 6) is -1.15. The molecule has 3 aromatic rings. The molecule has 0 saturated heterocycles. The summed E-state index contributed by atoms with van der Waals surface area (Å²) in [4.78, 5) is 39.2. The van der Waals surface area contributed by atoms with Crippen LogP contribution >= 0.6 is 0 Å². The molecule has 1 aliphatic rings. The van der Waals surface area contributed by atoms with Gasteiger partial charge in [-0.3, -0.25) is 19.3 Å². The van der Waals surface area contributed by atoms with Crippen LogP contribution in [-0.2, 0) is 13.0 Å². The summed E-state index contributed by atoms with van der Waals surface area (Å²) < 4.78 is 0. The van der Waals surface area contributed by atoms with Crippen LogP contribution in [0.3, 0.4) is 0 Å². The number of nitrogens with zero attached hydrogens (tertiary/aromatic N) is 2. The van der Waals surface area contributed by atoms with Gasteiger partial charge in [0.25, 0.3) is 17.7 Å². The molecular formula is C24H17N3O3. The van der Waals surface area contributed by atoms with Crippen LogP contribution in [0.15, 0.2) is 72.8 Å². The number of carbonyl (C=O) groups excluding carboxylic acids is 3. The highest BCUT2D eigenvalue weighted by molar-refractivity contribution is 6.22. The highest BCUT2D eigenvalue weighted by Gasteiger charge is 2.35. The van der Waals surface area contributed by atoms with Gasteiger partial charge in [-0.25, -0.2) is 0 Å². The molecule has 0 aliphatic carbocycles. The molecule has 0 saturated carbocycles. The lowest BCUT2D eigenvalue weighted by Gasteiger charge is -2.13. The molecule has 1 aliphatic heterocycles. The average Bonchev–Trinajstić information content (AvgIpc) is 3.00. The van der Waals surface area contributed by atoms with Crippen molar-refractivity contribution in [1.29, 1.82) is 5.26 Å². The molecule has 30 heavy (non-hydrogen) atoms. The van der Waals surface area contributed by atoms with Crippen LogP contribution in [-0.4, -0.2) is 22.6 Å². The van der Waals surface area contributed by atoms with Crippen molar-refractivity contribution in [2.24, 2.45) is 0 Å². The molecule has 0 spiro atoms. The third-order valence-electron chi connectivity index (χ3n) is 4.91. The quantitative estimate of drug-likeness (QED) is 0.666. The van der Waals surface area contributed by atoms with Crippen molar-refractivity contribution < 1.29 is 14.4 Å². The maximum Gasteiger partial charge on any atom is 0.261 e. The molecule has 0 aromatic heterocycles. The summed E-state index contributed by atoms with van der Waals surface area (Å²) in [6.07, 6.45) is 0.300. The number of amides is 3. The highest BCUT2D eigenvalue weighted by atomic mass is 16.2. The SMILES string of the molecule is N#CCc1ccc(NC(=O)c2ccc3c(c2)C(=O)N(Cc2ccccc2)C3=O)cc1. The van der Waals surface area contributed by atoms with Crippen molar-refractivity contribution in [3.05, 3.63) is 101 Å². The lowest BCUT2D eigenvalue weighted by Crippen LogP contribution is -2.29. The summed E-state index contributed by atoms with van der Waals surface area (Å²) >= 11 is 0. The lowest BCUT2D eigenvalue weighted by molar-refractivity contribution is 0.0642. The van der Waals surface area contributed by atoms with E-state index in [1.165, 1.54) is 23.1 Å². The number of anilines is 1. The molecule has 146 valence electrons. The number of carbonyl (C=O) groups is 3. The van der Waals surface area contributed by atoms with Gasteiger partial charge in [-0.2, -0.15) is 5.26 Å². The number of hydrogen-bond acceptors (Lipinski definition) is 4. The summed E-state index contributed by atoms with van der Waals surface area (Å²) in [6, 6.07) is 22.8. The monoisotopic (exact) mass is 395 g/mol. The molecule has 0 unspecified atom stereocenters. The maximum absolute atomic E-state index is 12.8. The zero-order chi connectivity index (χ0) is 21.1. The fraction of sp³-hybridized carbons (Fsp3) is 0.0833. The van der Waals surface area contributed by atoms with Crippen molar-refractivity contribution in [2.75, 3.05) is 5.32 Å². The third-order valence-corrected chi connectivity index (χ3v) is 4.91. The van der Waals surface area contributed by atoms with Gasteiger partial charge < -0.3 is 5.32 Å². The summed E-state index contributed by atoms with van der Waals surface area (Å²) in [7, 11) is 0. The molecule has 1 heterocycles. The lowest BCUT2D eigenvalue weighted by atomic mass is 10.1. The molecule has 6 heteroatoms. The topological polar surface area (TPSA) is 90.3 Å². The Labute approximate surface area is 173 Å². The van der Waals surface area contributed by atoms with Crippen molar-refractivity contribution in [1.82, 2.24) is 4.90 Å². The van der Waals surface area contributed by atoms with E-state index in [1.807, 2.05) is 30.3 Å². The van der Waals surface area contributed by atoms with Crippen LogP contribution in [0.2, 0.25) is 0 Å². The van der Waals surface area contributed by atoms with E-state index in [0.717, 1.165) is 11.1 Å². The predicted octanol–water partition coefficient (Wildman–Crippen LogP) is 3.80. The predicted molar refractivity (Wildman–Crippen MR) is 111 cm³/mol. The molecule has 6 nitrogen and oxygen atoms in total. The van der Waals surface area contributed by atoms with Crippen LogP contribution in [0.4, 0.5) is 5.69 Å². The normalized spacial score (nSPS) is 12.4. The van der Waals surface area contributed by atoms with E-state index in [4.69, 9.17) is 5.26 Å². The first kappa shape index (κ1) is 19.1. The second-order valence-electron chi connectivity index (χ2n) is 6.93. The molecular weight excluding hydrogens is 378 g/mol. The number of benzene rings is 3. The number of nitrogens with one attached hydrogen (secondary N) is 1. The Bertz CT molecular complexity index is 1180. The minimum atomic E-state index is -0.408. The number of nitriles is 1. The number of hydrogen-bond donors (Lipinski definition) is 1. The van der Waals surface area contributed by atoms with E-state index < -0.39 is 5.91 Å². The van der Waals surface area contributed by atoms with E-state index >= 15 is 0 Å². The van der Waals surface area contributed by atoms with Crippen molar-refractivity contribution in [3.8, 4) is 6.07 Å². The molecule has 3 aromatic carbocycles. The Morgan fingerprint density at radius 1 is 0.867 bits per heavy atom. The van der Waals surface area contributed by atoms with Crippen LogP contribution < -0.4 is 5.32 Å². The van der Waals surface area contributed by atoms with Gasteiger partial charge in [-0.05, 0) is 41.5 Å². The molecule has 1 N–H and O–H groups in total. The van der Waals surface area contributed by atoms with Gasteiger partial charge in [0.1, 0.15) is 0 Å². The fourth-order valence-corrected chi connectivity index (χ4v) is 3.34. The fourth-order valence-electron chi connectivity index (χ4n) is 3.34. The van der Waals surface area contributed by atoms with Crippen LogP contribution in [0.5, 0.6) is 0 Å². The zero-order valence-electron chi connectivity index (χ0n) is 16.0.